The molecule has 0 spiro atoms. The molecule has 1 aromatic rings. The van der Waals surface area contributed by atoms with Crippen molar-refractivity contribution < 1.29 is 19.4 Å². The third-order valence-corrected chi connectivity index (χ3v) is 2.46. The third kappa shape index (κ3) is 1.41. The zero-order valence-corrected chi connectivity index (χ0v) is 8.24. The van der Waals surface area contributed by atoms with Crippen molar-refractivity contribution in [3.05, 3.63) is 22.8 Å². The molecule has 2 rings (SSSR count). The number of carbonyl (C=O) groups is 1. The largest absolute Gasteiger partial charge is 0.494 e. The molecule has 0 amide bonds. The highest BCUT2D eigenvalue weighted by Gasteiger charge is 2.23. The Morgan fingerprint density at radius 2 is 2.33 bits per heavy atom. The third-order valence-electron chi connectivity index (χ3n) is 2.46. The Hall–Kier alpha value is -1.75. The summed E-state index contributed by atoms with van der Waals surface area (Å²) < 4.78 is 10.2. The minimum Gasteiger partial charge on any atom is -0.494 e. The SMILES string of the molecule is COc1c(C(=O)O)cc2c(c1N)COC2. The monoisotopic (exact) mass is 209 g/mol. The quantitative estimate of drug-likeness (QED) is 0.710. The van der Waals surface area contributed by atoms with Crippen LogP contribution in [0.1, 0.15) is 21.5 Å². The average molecular weight is 209 g/mol. The first-order chi connectivity index (χ1) is 7.15. The molecule has 1 heterocycles. The predicted molar refractivity (Wildman–Crippen MR) is 52.9 cm³/mol. The molecule has 80 valence electrons. The molecule has 0 bridgehead atoms. The number of ether oxygens (including phenoxy) is 2. The lowest BCUT2D eigenvalue weighted by atomic mass is 10.0. The second-order valence-corrected chi connectivity index (χ2v) is 3.31. The van der Waals surface area contributed by atoms with E-state index < -0.39 is 5.97 Å². The minimum atomic E-state index is -1.05. The normalized spacial score (nSPS) is 13.7. The zero-order chi connectivity index (χ0) is 11.0. The average Bonchev–Trinajstić information content (AvgIpc) is 2.65. The van der Waals surface area contributed by atoms with Crippen molar-refractivity contribution in [3.63, 3.8) is 0 Å². The van der Waals surface area contributed by atoms with E-state index in [9.17, 15) is 4.79 Å². The van der Waals surface area contributed by atoms with E-state index in [2.05, 4.69) is 0 Å². The van der Waals surface area contributed by atoms with Crippen LogP contribution in [0.15, 0.2) is 6.07 Å². The second kappa shape index (κ2) is 3.43. The van der Waals surface area contributed by atoms with Crippen LogP contribution in [-0.4, -0.2) is 18.2 Å². The van der Waals surface area contributed by atoms with Crippen molar-refractivity contribution in [1.29, 1.82) is 0 Å². The van der Waals surface area contributed by atoms with Gasteiger partial charge in [-0.3, -0.25) is 0 Å². The number of carboxylic acids is 1. The highest BCUT2D eigenvalue weighted by atomic mass is 16.5. The second-order valence-electron chi connectivity index (χ2n) is 3.31. The van der Waals surface area contributed by atoms with E-state index in [1.807, 2.05) is 0 Å². The van der Waals surface area contributed by atoms with Gasteiger partial charge < -0.3 is 20.3 Å². The molecule has 0 aromatic heterocycles. The number of methoxy groups -OCH3 is 1. The molecular formula is C10H11NO4. The molecule has 1 aliphatic rings. The lowest BCUT2D eigenvalue weighted by Gasteiger charge is -2.11. The van der Waals surface area contributed by atoms with Crippen LogP contribution < -0.4 is 10.5 Å². The summed E-state index contributed by atoms with van der Waals surface area (Å²) in [5.41, 5.74) is 7.92. The highest BCUT2D eigenvalue weighted by molar-refractivity contribution is 5.94. The number of nitrogens with two attached hydrogens (primary N) is 1. The van der Waals surface area contributed by atoms with Crippen molar-refractivity contribution in [2.75, 3.05) is 12.8 Å². The van der Waals surface area contributed by atoms with Crippen LogP contribution in [0.25, 0.3) is 0 Å². The standard InChI is InChI=1S/C10H11NO4/c1-14-9-6(10(12)13)2-5-3-15-4-7(5)8(9)11/h2H,3-4,11H2,1H3,(H,12,13). The molecule has 1 aromatic carbocycles. The molecule has 0 unspecified atom stereocenters. The Balaban J connectivity index is 2.66. The summed E-state index contributed by atoms with van der Waals surface area (Å²) in [6, 6.07) is 1.56. The van der Waals surface area contributed by atoms with Crippen LogP contribution in [-0.2, 0) is 18.0 Å². The maximum Gasteiger partial charge on any atom is 0.339 e. The summed E-state index contributed by atoms with van der Waals surface area (Å²) in [5, 5.41) is 8.98. The van der Waals surface area contributed by atoms with Gasteiger partial charge in [-0.2, -0.15) is 0 Å². The Bertz CT molecular complexity index is 428. The first-order valence-electron chi connectivity index (χ1n) is 4.44. The Morgan fingerprint density at radius 3 is 2.93 bits per heavy atom. The summed E-state index contributed by atoms with van der Waals surface area (Å²) in [6.45, 7) is 0.821. The molecule has 0 saturated heterocycles. The molecule has 0 aliphatic carbocycles. The number of benzene rings is 1. The number of anilines is 1. The topological polar surface area (TPSA) is 81.8 Å². The Morgan fingerprint density at radius 1 is 1.60 bits per heavy atom. The van der Waals surface area contributed by atoms with Gasteiger partial charge in [0.15, 0.2) is 5.75 Å². The molecule has 0 saturated carbocycles. The first kappa shape index (κ1) is 9.79. The maximum atomic E-state index is 11.0. The number of fused-ring (bicyclic) bond motifs is 1. The van der Waals surface area contributed by atoms with Gasteiger partial charge in [0.2, 0.25) is 0 Å². The predicted octanol–water partition coefficient (Wildman–Crippen LogP) is 1.01. The summed E-state index contributed by atoms with van der Waals surface area (Å²) in [7, 11) is 1.40. The first-order valence-corrected chi connectivity index (χ1v) is 4.44. The molecule has 15 heavy (non-hydrogen) atoms. The number of nitrogen functional groups attached to an aromatic ring is 1. The number of hydrogen-bond donors (Lipinski definition) is 2. The van der Waals surface area contributed by atoms with Crippen LogP contribution in [0.2, 0.25) is 0 Å². The number of aromatic carboxylic acids is 1. The van der Waals surface area contributed by atoms with E-state index in [1.165, 1.54) is 7.11 Å². The fourth-order valence-electron chi connectivity index (χ4n) is 1.72. The molecule has 0 fully saturated rings. The van der Waals surface area contributed by atoms with Crippen molar-refractivity contribution in [2.24, 2.45) is 0 Å². The van der Waals surface area contributed by atoms with Crippen molar-refractivity contribution in [2.45, 2.75) is 13.2 Å². The van der Waals surface area contributed by atoms with E-state index in [-0.39, 0.29) is 11.3 Å². The number of carboxylic acid groups (broad SMARTS) is 1. The minimum absolute atomic E-state index is 0.0826. The van der Waals surface area contributed by atoms with Crippen molar-refractivity contribution in [3.8, 4) is 5.75 Å². The molecule has 5 nitrogen and oxygen atoms in total. The molecule has 5 heteroatoms. The fourth-order valence-corrected chi connectivity index (χ4v) is 1.72. The van der Waals surface area contributed by atoms with Gasteiger partial charge in [-0.05, 0) is 11.6 Å². The maximum absolute atomic E-state index is 11.0. The van der Waals surface area contributed by atoms with E-state index in [4.69, 9.17) is 20.3 Å². The summed E-state index contributed by atoms with van der Waals surface area (Å²) in [6.07, 6.45) is 0. The van der Waals surface area contributed by atoms with Gasteiger partial charge in [0.05, 0.1) is 26.0 Å². The molecule has 3 N–H and O–H groups in total. The van der Waals surface area contributed by atoms with E-state index >= 15 is 0 Å². The molecule has 1 aliphatic heterocycles. The number of rotatable bonds is 2. The van der Waals surface area contributed by atoms with E-state index in [0.29, 0.717) is 18.9 Å². The van der Waals surface area contributed by atoms with Crippen LogP contribution in [0.3, 0.4) is 0 Å². The fraction of sp³-hybridized carbons (Fsp3) is 0.300. The van der Waals surface area contributed by atoms with Gasteiger partial charge in [0.1, 0.15) is 5.56 Å². The van der Waals surface area contributed by atoms with Gasteiger partial charge in [-0.15, -0.1) is 0 Å². The molecular weight excluding hydrogens is 198 g/mol. The smallest absolute Gasteiger partial charge is 0.339 e. The summed E-state index contributed by atoms with van der Waals surface area (Å²) >= 11 is 0. The van der Waals surface area contributed by atoms with Crippen LogP contribution >= 0.6 is 0 Å². The van der Waals surface area contributed by atoms with E-state index in [0.717, 1.165) is 11.1 Å². The van der Waals surface area contributed by atoms with Gasteiger partial charge in [-0.1, -0.05) is 0 Å². The van der Waals surface area contributed by atoms with Gasteiger partial charge >= 0.3 is 5.97 Å². The lowest BCUT2D eigenvalue weighted by Crippen LogP contribution is -2.06. The van der Waals surface area contributed by atoms with E-state index in [1.54, 1.807) is 6.07 Å². The van der Waals surface area contributed by atoms with Gasteiger partial charge in [0.25, 0.3) is 0 Å². The highest BCUT2D eigenvalue weighted by Crippen LogP contribution is 2.36. The summed E-state index contributed by atoms with van der Waals surface area (Å²) in [4.78, 5) is 11.0. The molecule has 0 radical (unpaired) electrons. The van der Waals surface area contributed by atoms with Gasteiger partial charge in [0, 0.05) is 5.56 Å². The lowest BCUT2D eigenvalue weighted by molar-refractivity contribution is 0.0693. The van der Waals surface area contributed by atoms with Crippen molar-refractivity contribution >= 4 is 11.7 Å². The Kier molecular flexibility index (Phi) is 2.24. The number of hydrogen-bond acceptors (Lipinski definition) is 4. The Labute approximate surface area is 86.4 Å². The van der Waals surface area contributed by atoms with Gasteiger partial charge in [-0.25, -0.2) is 4.79 Å². The molecule has 0 atom stereocenters. The van der Waals surface area contributed by atoms with Crippen LogP contribution in [0, 0.1) is 0 Å². The van der Waals surface area contributed by atoms with Crippen molar-refractivity contribution in [1.82, 2.24) is 0 Å². The van der Waals surface area contributed by atoms with Crippen LogP contribution in [0.5, 0.6) is 5.75 Å². The summed E-state index contributed by atoms with van der Waals surface area (Å²) in [5.74, 6) is -0.833. The van der Waals surface area contributed by atoms with Crippen LogP contribution in [0.4, 0.5) is 5.69 Å². The zero-order valence-electron chi connectivity index (χ0n) is 8.24.